The first kappa shape index (κ1) is 19.8. The third kappa shape index (κ3) is 4.10. The molecule has 2 aromatic rings. The van der Waals surface area contributed by atoms with Crippen LogP contribution >= 0.6 is 0 Å². The monoisotopic (exact) mass is 415 g/mol. The molecule has 0 saturated heterocycles. The van der Waals surface area contributed by atoms with Crippen molar-refractivity contribution in [2.75, 3.05) is 26.0 Å². The Morgan fingerprint density at radius 1 is 1.03 bits per heavy atom. The number of rotatable bonds is 5. The standard InChI is InChI=1S/C22H25NO5S/c1-29(25,26)18-6-4-5-16(13-18)21(24)23-15-22(9-2-3-10-22)17-7-8-19-20(14-17)28-12-11-27-19/h4-8,13-14H,2-3,9-12,15H2,1H3,(H,23,24). The molecule has 2 aliphatic rings. The lowest BCUT2D eigenvalue weighted by Gasteiger charge is -2.31. The normalized spacial score (nSPS) is 17.7. The summed E-state index contributed by atoms with van der Waals surface area (Å²) in [6, 6.07) is 12.2. The smallest absolute Gasteiger partial charge is 0.251 e. The second-order valence-electron chi connectivity index (χ2n) is 7.83. The van der Waals surface area contributed by atoms with E-state index in [1.54, 1.807) is 12.1 Å². The zero-order valence-electron chi connectivity index (χ0n) is 16.4. The van der Waals surface area contributed by atoms with Gasteiger partial charge < -0.3 is 14.8 Å². The molecule has 0 spiro atoms. The minimum Gasteiger partial charge on any atom is -0.486 e. The summed E-state index contributed by atoms with van der Waals surface area (Å²) in [5.74, 6) is 1.25. The summed E-state index contributed by atoms with van der Waals surface area (Å²) >= 11 is 0. The fraction of sp³-hybridized carbons (Fsp3) is 0.409. The van der Waals surface area contributed by atoms with E-state index in [1.807, 2.05) is 12.1 Å². The van der Waals surface area contributed by atoms with Gasteiger partial charge in [0.15, 0.2) is 21.3 Å². The molecule has 0 aromatic heterocycles. The number of amides is 1. The van der Waals surface area contributed by atoms with Crippen LogP contribution in [0.1, 0.15) is 41.6 Å². The van der Waals surface area contributed by atoms with Gasteiger partial charge in [0.1, 0.15) is 13.2 Å². The summed E-state index contributed by atoms with van der Waals surface area (Å²) < 4.78 is 34.9. The second-order valence-corrected chi connectivity index (χ2v) is 9.84. The van der Waals surface area contributed by atoms with Crippen molar-refractivity contribution >= 4 is 15.7 Å². The molecule has 1 heterocycles. The van der Waals surface area contributed by atoms with E-state index < -0.39 is 9.84 Å². The van der Waals surface area contributed by atoms with Crippen molar-refractivity contribution in [3.8, 4) is 11.5 Å². The van der Waals surface area contributed by atoms with Crippen LogP contribution in [0.5, 0.6) is 11.5 Å². The molecule has 7 heteroatoms. The topological polar surface area (TPSA) is 81.7 Å². The minimum absolute atomic E-state index is 0.146. The van der Waals surface area contributed by atoms with E-state index in [0.29, 0.717) is 25.3 Å². The number of benzene rings is 2. The first-order valence-electron chi connectivity index (χ1n) is 9.86. The fourth-order valence-corrected chi connectivity index (χ4v) is 4.88. The average Bonchev–Trinajstić information content (AvgIpc) is 3.21. The van der Waals surface area contributed by atoms with Gasteiger partial charge in [0.25, 0.3) is 5.91 Å². The second kappa shape index (κ2) is 7.71. The van der Waals surface area contributed by atoms with Crippen LogP contribution in [0.25, 0.3) is 0 Å². The van der Waals surface area contributed by atoms with Crippen molar-refractivity contribution in [2.45, 2.75) is 36.0 Å². The van der Waals surface area contributed by atoms with Gasteiger partial charge in [-0.25, -0.2) is 8.42 Å². The van der Waals surface area contributed by atoms with Crippen molar-refractivity contribution in [3.05, 3.63) is 53.6 Å². The molecule has 1 aliphatic heterocycles. The summed E-state index contributed by atoms with van der Waals surface area (Å²) in [6.45, 7) is 1.59. The first-order valence-corrected chi connectivity index (χ1v) is 11.8. The number of ether oxygens (including phenoxy) is 2. The quantitative estimate of drug-likeness (QED) is 0.812. The van der Waals surface area contributed by atoms with Gasteiger partial charge in [-0.2, -0.15) is 0 Å². The summed E-state index contributed by atoms with van der Waals surface area (Å²) in [5.41, 5.74) is 1.34. The van der Waals surface area contributed by atoms with Crippen LogP contribution in [0, 0.1) is 0 Å². The van der Waals surface area contributed by atoms with Gasteiger partial charge in [0.2, 0.25) is 0 Å². The Morgan fingerprint density at radius 2 is 1.76 bits per heavy atom. The highest BCUT2D eigenvalue weighted by Crippen LogP contribution is 2.43. The molecule has 2 aromatic carbocycles. The highest BCUT2D eigenvalue weighted by Gasteiger charge is 2.37. The predicted molar refractivity (Wildman–Crippen MR) is 109 cm³/mol. The number of carbonyl (C=O) groups is 1. The Labute approximate surface area is 171 Å². The van der Waals surface area contributed by atoms with Gasteiger partial charge in [0.05, 0.1) is 4.90 Å². The van der Waals surface area contributed by atoms with Crippen LogP contribution in [-0.2, 0) is 15.3 Å². The van der Waals surface area contributed by atoms with Crippen molar-refractivity contribution < 1.29 is 22.7 Å². The molecule has 1 amide bonds. The maximum atomic E-state index is 12.7. The van der Waals surface area contributed by atoms with E-state index >= 15 is 0 Å². The highest BCUT2D eigenvalue weighted by molar-refractivity contribution is 7.90. The number of nitrogens with one attached hydrogen (secondary N) is 1. The van der Waals surface area contributed by atoms with Crippen LogP contribution in [0.3, 0.4) is 0 Å². The highest BCUT2D eigenvalue weighted by atomic mass is 32.2. The molecular formula is C22H25NO5S. The van der Waals surface area contributed by atoms with Crippen LogP contribution in [0.2, 0.25) is 0 Å². The zero-order valence-corrected chi connectivity index (χ0v) is 17.3. The molecule has 29 heavy (non-hydrogen) atoms. The third-order valence-corrected chi connectivity index (χ3v) is 6.94. The molecular weight excluding hydrogens is 390 g/mol. The Bertz CT molecular complexity index is 1030. The van der Waals surface area contributed by atoms with E-state index in [2.05, 4.69) is 11.4 Å². The molecule has 4 rings (SSSR count). The van der Waals surface area contributed by atoms with Gasteiger partial charge >= 0.3 is 0 Å². The third-order valence-electron chi connectivity index (χ3n) is 5.83. The number of sulfone groups is 1. The van der Waals surface area contributed by atoms with Crippen molar-refractivity contribution in [3.63, 3.8) is 0 Å². The Hall–Kier alpha value is -2.54. The zero-order chi connectivity index (χ0) is 20.5. The summed E-state index contributed by atoms with van der Waals surface area (Å²) in [4.78, 5) is 12.9. The predicted octanol–water partition coefficient (Wildman–Crippen LogP) is 3.10. The average molecular weight is 416 g/mol. The lowest BCUT2D eigenvalue weighted by Crippen LogP contribution is -2.39. The van der Waals surface area contributed by atoms with E-state index in [-0.39, 0.29) is 16.2 Å². The van der Waals surface area contributed by atoms with Crippen LogP contribution in [-0.4, -0.2) is 40.3 Å². The van der Waals surface area contributed by atoms with E-state index in [0.717, 1.165) is 49.0 Å². The van der Waals surface area contributed by atoms with Crippen LogP contribution in [0.4, 0.5) is 0 Å². The summed E-state index contributed by atoms with van der Waals surface area (Å²) in [5, 5.41) is 3.03. The van der Waals surface area contributed by atoms with Crippen molar-refractivity contribution in [1.82, 2.24) is 5.32 Å². The Morgan fingerprint density at radius 3 is 2.48 bits per heavy atom. The first-order chi connectivity index (χ1) is 13.9. The molecule has 1 fully saturated rings. The maximum absolute atomic E-state index is 12.7. The lowest BCUT2D eigenvalue weighted by atomic mass is 9.78. The molecule has 0 radical (unpaired) electrons. The number of carbonyl (C=O) groups excluding carboxylic acids is 1. The molecule has 1 N–H and O–H groups in total. The SMILES string of the molecule is CS(=O)(=O)c1cccc(C(=O)NCC2(c3ccc4c(c3)OCCO4)CCCC2)c1. The van der Waals surface area contributed by atoms with Crippen molar-refractivity contribution in [2.24, 2.45) is 0 Å². The molecule has 0 bridgehead atoms. The molecule has 154 valence electrons. The molecule has 0 unspecified atom stereocenters. The van der Waals surface area contributed by atoms with Gasteiger partial charge in [0, 0.05) is 23.8 Å². The Kier molecular flexibility index (Phi) is 5.25. The maximum Gasteiger partial charge on any atom is 0.251 e. The number of fused-ring (bicyclic) bond motifs is 1. The van der Waals surface area contributed by atoms with E-state index in [4.69, 9.17) is 9.47 Å². The lowest BCUT2D eigenvalue weighted by molar-refractivity contribution is 0.0943. The molecule has 1 aliphatic carbocycles. The van der Waals surface area contributed by atoms with Gasteiger partial charge in [-0.1, -0.05) is 25.0 Å². The van der Waals surface area contributed by atoms with E-state index in [1.165, 1.54) is 12.1 Å². The molecule has 0 atom stereocenters. The van der Waals surface area contributed by atoms with Crippen LogP contribution < -0.4 is 14.8 Å². The number of hydrogen-bond acceptors (Lipinski definition) is 5. The summed E-state index contributed by atoms with van der Waals surface area (Å²) in [7, 11) is -3.36. The number of hydrogen-bond donors (Lipinski definition) is 1. The summed E-state index contributed by atoms with van der Waals surface area (Å²) in [6.07, 6.45) is 5.31. The van der Waals surface area contributed by atoms with E-state index in [9.17, 15) is 13.2 Å². The largest absolute Gasteiger partial charge is 0.486 e. The molecule has 6 nitrogen and oxygen atoms in total. The van der Waals surface area contributed by atoms with Gasteiger partial charge in [-0.05, 0) is 48.7 Å². The van der Waals surface area contributed by atoms with Gasteiger partial charge in [-0.3, -0.25) is 4.79 Å². The molecule has 1 saturated carbocycles. The van der Waals surface area contributed by atoms with Crippen LogP contribution in [0.15, 0.2) is 47.4 Å². The van der Waals surface area contributed by atoms with Crippen molar-refractivity contribution in [1.29, 1.82) is 0 Å². The minimum atomic E-state index is -3.36. The Balaban J connectivity index is 1.54. The van der Waals surface area contributed by atoms with Gasteiger partial charge in [-0.15, -0.1) is 0 Å². The fourth-order valence-electron chi connectivity index (χ4n) is 4.21.